The predicted octanol–water partition coefficient (Wildman–Crippen LogP) is 1.93. The van der Waals surface area contributed by atoms with Gasteiger partial charge in [0, 0.05) is 12.4 Å². The van der Waals surface area contributed by atoms with Crippen molar-refractivity contribution in [3.05, 3.63) is 42.8 Å². The fraction of sp³-hybridized carbons (Fsp3) is 0.111. The average Bonchev–Trinajstić information content (AvgIpc) is 2.50. The summed E-state index contributed by atoms with van der Waals surface area (Å²) in [6, 6.07) is 3.97. The molecule has 62 valence electrons. The zero-order chi connectivity index (χ0) is 8.23. The van der Waals surface area contributed by atoms with Crippen LogP contribution in [-0.4, -0.2) is 4.57 Å². The fourth-order valence-electron chi connectivity index (χ4n) is 1.05. The molecule has 3 heteroatoms. The van der Waals surface area contributed by atoms with Gasteiger partial charge in [0.1, 0.15) is 25.4 Å². The fourth-order valence-corrected chi connectivity index (χ4v) is 1.05. The van der Waals surface area contributed by atoms with Crippen molar-refractivity contribution in [3.63, 3.8) is 0 Å². The maximum absolute atomic E-state index is 5.17. The number of aromatic nitrogens is 1. The van der Waals surface area contributed by atoms with E-state index in [0.717, 1.165) is 5.69 Å². The molecule has 0 N–H and O–H groups in total. The van der Waals surface area contributed by atoms with E-state index in [-0.39, 0.29) is 0 Å². The average molecular weight is 163 g/mol. The van der Waals surface area contributed by atoms with Crippen LogP contribution in [0.15, 0.2) is 37.1 Å². The predicted molar refractivity (Wildman–Crippen MR) is 44.8 cm³/mol. The second kappa shape index (κ2) is 3.17. The summed E-state index contributed by atoms with van der Waals surface area (Å²) >= 11 is 0. The molecule has 0 atom stereocenters. The molecule has 3 nitrogen and oxygen atoms in total. The van der Waals surface area contributed by atoms with E-state index in [1.807, 2.05) is 29.1 Å². The van der Waals surface area contributed by atoms with Crippen molar-refractivity contribution in [1.82, 2.24) is 4.57 Å². The van der Waals surface area contributed by atoms with E-state index in [1.165, 1.54) is 12.5 Å². The van der Waals surface area contributed by atoms with Crippen LogP contribution in [0.5, 0.6) is 0 Å². The highest BCUT2D eigenvalue weighted by atomic mass is 16.5. The minimum absolute atomic E-state index is 0.567. The van der Waals surface area contributed by atoms with E-state index in [4.69, 9.17) is 9.47 Å². The van der Waals surface area contributed by atoms with Crippen molar-refractivity contribution in [2.24, 2.45) is 0 Å². The second-order valence-corrected chi connectivity index (χ2v) is 2.41. The Morgan fingerprint density at radius 2 is 2.25 bits per heavy atom. The Hall–Kier alpha value is -1.64. The quantitative estimate of drug-likeness (QED) is 0.583. The van der Waals surface area contributed by atoms with Gasteiger partial charge in [-0.1, -0.05) is 0 Å². The third-order valence-electron chi connectivity index (χ3n) is 1.63. The topological polar surface area (TPSA) is 23.4 Å². The summed E-state index contributed by atoms with van der Waals surface area (Å²) in [7, 11) is 0. The second-order valence-electron chi connectivity index (χ2n) is 2.41. The molecule has 1 aliphatic rings. The van der Waals surface area contributed by atoms with Gasteiger partial charge in [-0.25, -0.2) is 0 Å². The van der Waals surface area contributed by atoms with Crippen LogP contribution in [0.3, 0.4) is 0 Å². The maximum Gasteiger partial charge on any atom is 0.128 e. The van der Waals surface area contributed by atoms with Gasteiger partial charge < -0.3 is 14.0 Å². The van der Waals surface area contributed by atoms with E-state index < -0.39 is 0 Å². The molecule has 1 aromatic rings. The normalized spacial score (nSPS) is 20.3. The summed E-state index contributed by atoms with van der Waals surface area (Å²) < 4.78 is 12.1. The Morgan fingerprint density at radius 3 is 3.25 bits per heavy atom. The lowest BCUT2D eigenvalue weighted by atomic mass is 10.4. The van der Waals surface area contributed by atoms with E-state index in [0.29, 0.717) is 6.61 Å². The van der Waals surface area contributed by atoms with Crippen molar-refractivity contribution in [1.29, 1.82) is 0 Å². The summed E-state index contributed by atoms with van der Waals surface area (Å²) in [6.07, 6.45) is 8.43. The van der Waals surface area contributed by atoms with E-state index in [2.05, 4.69) is 0 Å². The summed E-state index contributed by atoms with van der Waals surface area (Å²) in [4.78, 5) is 0. The number of hydrogen-bond acceptors (Lipinski definition) is 2. The number of fused-ring (bicyclic) bond motifs is 1. The minimum Gasteiger partial charge on any atom is -0.492 e. The molecule has 0 bridgehead atoms. The van der Waals surface area contributed by atoms with Gasteiger partial charge in [0.05, 0.1) is 5.69 Å². The largest absolute Gasteiger partial charge is 0.492 e. The molecule has 0 unspecified atom stereocenters. The van der Waals surface area contributed by atoms with Crippen LogP contribution in [-0.2, 0) is 16.1 Å². The molecule has 0 spiro atoms. The first kappa shape index (κ1) is 7.03. The Labute approximate surface area is 70.5 Å². The summed E-state index contributed by atoms with van der Waals surface area (Å²) in [5.41, 5.74) is 1.10. The third-order valence-corrected chi connectivity index (χ3v) is 1.63. The number of nitrogens with zero attached hydrogens (tertiary/aromatic N) is 1. The molecule has 2 heterocycles. The molecule has 1 aliphatic heterocycles. The molecular formula is C9H9NO2. The maximum atomic E-state index is 5.17. The first-order chi connectivity index (χ1) is 5.97. The molecular weight excluding hydrogens is 154 g/mol. The van der Waals surface area contributed by atoms with Crippen LogP contribution in [0, 0.1) is 0 Å². The van der Waals surface area contributed by atoms with Crippen molar-refractivity contribution >= 4 is 6.20 Å². The number of hydrogen-bond donors (Lipinski definition) is 0. The Balaban J connectivity index is 2.29. The number of ether oxygens (including phenoxy) is 2. The highest BCUT2D eigenvalue weighted by Gasteiger charge is 1.97. The van der Waals surface area contributed by atoms with Crippen molar-refractivity contribution in [3.8, 4) is 0 Å². The number of rotatable bonds is 0. The summed E-state index contributed by atoms with van der Waals surface area (Å²) in [5.74, 6) is 0. The monoisotopic (exact) mass is 163 g/mol. The van der Waals surface area contributed by atoms with Crippen molar-refractivity contribution in [2.45, 2.75) is 6.61 Å². The lowest BCUT2D eigenvalue weighted by Crippen LogP contribution is -1.93. The Bertz CT molecular complexity index is 312. The van der Waals surface area contributed by atoms with Crippen molar-refractivity contribution in [2.75, 3.05) is 0 Å². The van der Waals surface area contributed by atoms with Gasteiger partial charge in [-0.3, -0.25) is 0 Å². The van der Waals surface area contributed by atoms with E-state index >= 15 is 0 Å². The van der Waals surface area contributed by atoms with Gasteiger partial charge in [-0.05, 0) is 12.1 Å². The zero-order valence-electron chi connectivity index (χ0n) is 6.51. The van der Waals surface area contributed by atoms with Gasteiger partial charge in [-0.15, -0.1) is 0 Å². The molecule has 12 heavy (non-hydrogen) atoms. The zero-order valence-corrected chi connectivity index (χ0v) is 6.51. The van der Waals surface area contributed by atoms with Crippen LogP contribution in [0.2, 0.25) is 0 Å². The molecule has 2 rings (SSSR count). The smallest absolute Gasteiger partial charge is 0.128 e. The summed E-state index contributed by atoms with van der Waals surface area (Å²) in [6.45, 7) is 0.567. The lowest BCUT2D eigenvalue weighted by molar-refractivity contribution is 0.220. The highest BCUT2D eigenvalue weighted by Crippen LogP contribution is 2.06. The third kappa shape index (κ3) is 1.34. The van der Waals surface area contributed by atoms with Crippen molar-refractivity contribution < 1.29 is 9.47 Å². The Kier molecular flexibility index (Phi) is 1.86. The SMILES string of the molecule is C1=C/OCc2cccn2/C=C/O/1. The van der Waals surface area contributed by atoms with Crippen LogP contribution in [0.4, 0.5) is 0 Å². The molecule has 1 aromatic heterocycles. The van der Waals surface area contributed by atoms with Crippen LogP contribution >= 0.6 is 0 Å². The lowest BCUT2D eigenvalue weighted by Gasteiger charge is -2.00. The first-order valence-electron chi connectivity index (χ1n) is 3.71. The van der Waals surface area contributed by atoms with Crippen LogP contribution in [0.1, 0.15) is 5.69 Å². The van der Waals surface area contributed by atoms with E-state index in [9.17, 15) is 0 Å². The van der Waals surface area contributed by atoms with Crippen LogP contribution < -0.4 is 0 Å². The van der Waals surface area contributed by atoms with Gasteiger partial charge in [0.25, 0.3) is 0 Å². The van der Waals surface area contributed by atoms with Crippen LogP contribution in [0.25, 0.3) is 6.20 Å². The van der Waals surface area contributed by atoms with Gasteiger partial charge in [0.15, 0.2) is 0 Å². The first-order valence-corrected chi connectivity index (χ1v) is 3.71. The Morgan fingerprint density at radius 1 is 1.25 bits per heavy atom. The molecule has 0 aliphatic carbocycles. The van der Waals surface area contributed by atoms with Gasteiger partial charge in [0.2, 0.25) is 0 Å². The molecule has 0 saturated carbocycles. The van der Waals surface area contributed by atoms with E-state index in [1.54, 1.807) is 6.26 Å². The standard InChI is InChI=1S/C9H9NO2/c1-2-9-8-12-7-6-11-5-4-10(9)3-1/h1-7H,8H2/b5-4+,7-6+. The molecule has 0 fully saturated rings. The molecule has 0 aromatic carbocycles. The molecule has 0 radical (unpaired) electrons. The minimum atomic E-state index is 0.567. The molecule has 0 amide bonds. The highest BCUT2D eigenvalue weighted by molar-refractivity contribution is 5.26. The summed E-state index contributed by atoms with van der Waals surface area (Å²) in [5, 5.41) is 0. The molecule has 0 saturated heterocycles. The van der Waals surface area contributed by atoms with Gasteiger partial charge in [-0.2, -0.15) is 0 Å². The van der Waals surface area contributed by atoms with Gasteiger partial charge >= 0.3 is 0 Å².